The van der Waals surface area contributed by atoms with E-state index in [0.29, 0.717) is 76.3 Å². The normalized spacial score (nSPS) is 35.5. The Morgan fingerprint density at radius 2 is 1.63 bits per heavy atom. The molecule has 17 nitrogen and oxygen atoms in total. The maximum absolute atomic E-state index is 14.6. The number of aliphatic hydroxyl groups excluding tert-OH is 2. The van der Waals surface area contributed by atoms with E-state index in [4.69, 9.17) is 28.4 Å². The molecule has 3 aliphatic heterocycles. The van der Waals surface area contributed by atoms with Crippen LogP contribution in [0.25, 0.3) is 0 Å². The van der Waals surface area contributed by atoms with Crippen LogP contribution in [0.3, 0.4) is 0 Å². The van der Waals surface area contributed by atoms with Crippen molar-refractivity contribution in [1.29, 1.82) is 0 Å². The number of nitrogens with one attached hydrogen (secondary N) is 1. The largest absolute Gasteiger partial charge is 0.460 e. The number of ether oxygens (including phenoxy) is 6. The number of piperidine rings is 1. The van der Waals surface area contributed by atoms with E-state index in [1.165, 1.54) is 12.0 Å². The minimum absolute atomic E-state index is 0.0229. The van der Waals surface area contributed by atoms with Gasteiger partial charge in [-0.1, -0.05) is 101 Å². The topological polar surface area (TPSA) is 234 Å². The van der Waals surface area contributed by atoms with E-state index in [9.17, 15) is 44.1 Å². The van der Waals surface area contributed by atoms with Gasteiger partial charge < -0.3 is 54.0 Å². The fourth-order valence-electron chi connectivity index (χ4n) is 11.5. The number of alkyl carbamates (subject to hydrolysis) is 1. The number of nitrogens with zero attached hydrogens (tertiary/aromatic N) is 1. The van der Waals surface area contributed by atoms with Gasteiger partial charge in [0.1, 0.15) is 36.2 Å². The number of ketones is 3. The molecule has 2 bridgehead atoms. The number of rotatable bonds is 12. The van der Waals surface area contributed by atoms with Crippen LogP contribution in [0.1, 0.15) is 131 Å². The Balaban J connectivity index is 1.42. The van der Waals surface area contributed by atoms with Crippen LogP contribution in [0.2, 0.25) is 0 Å². The maximum Gasteiger partial charge on any atom is 0.407 e. The molecule has 2 saturated heterocycles. The summed E-state index contributed by atoms with van der Waals surface area (Å²) in [6, 6.07) is 8.61. The van der Waals surface area contributed by atoms with Gasteiger partial charge in [-0.25, -0.2) is 9.59 Å². The summed E-state index contributed by atoms with van der Waals surface area (Å²) in [5, 5.41) is 36.2. The van der Waals surface area contributed by atoms with Gasteiger partial charge in [0.15, 0.2) is 5.78 Å². The zero-order valence-corrected chi connectivity index (χ0v) is 47.6. The highest BCUT2D eigenvalue weighted by Gasteiger charge is 2.53. The van der Waals surface area contributed by atoms with Gasteiger partial charge in [0.25, 0.3) is 11.7 Å². The standard InChI is InChI=1S/C61H90N2O15/c1-38-18-12-10-13-19-39(2)51(75-31-30-64)36-47-25-23-44(7)61(72,78-47)57(68)58(69)63-29-17-16-22-48(63)59(70)76-52(37-49(65)40(3)33-43(6)55(67)56(74-9)54(66)42(5)32-38)41(4)34-46-24-26-50(53(35-46)73-8)77-60(71)62-28-27-45-20-14-11-15-21-45/h10-15,18-21,33,38,40-42,44,46-48,50-53,55-56,64,67,72H,16-17,22-32,34-37H2,1-9H3,(H,62,71)/b13-10+,18-12+,39-19+,43-33+/t38-,40+,41-,42-,44-,46+,47?,48?,50-,51?,52?,53-,55-,56+,61-/m1/s1. The first-order chi connectivity index (χ1) is 37.2. The zero-order chi connectivity index (χ0) is 57.1. The Hall–Kier alpha value is -4.88. The molecule has 1 aromatic rings. The zero-order valence-electron chi connectivity index (χ0n) is 47.6. The monoisotopic (exact) mass is 1090 g/mol. The minimum Gasteiger partial charge on any atom is -0.460 e. The van der Waals surface area contributed by atoms with Crippen LogP contribution in [0.4, 0.5) is 4.79 Å². The summed E-state index contributed by atoms with van der Waals surface area (Å²) in [7, 11) is 2.94. The fourth-order valence-corrected chi connectivity index (χ4v) is 11.5. The number of carbonyl (C=O) groups excluding carboxylic acids is 6. The molecule has 4 unspecified atom stereocenters. The Labute approximate surface area is 462 Å². The molecule has 3 heterocycles. The first kappa shape index (κ1) is 63.9. The summed E-state index contributed by atoms with van der Waals surface area (Å²) < 4.78 is 35.9. The van der Waals surface area contributed by atoms with Gasteiger partial charge in [0.2, 0.25) is 5.79 Å². The van der Waals surface area contributed by atoms with E-state index in [2.05, 4.69) is 5.32 Å². The molecule has 15 atom stereocenters. The summed E-state index contributed by atoms with van der Waals surface area (Å²) >= 11 is 0. The number of hydrogen-bond donors (Lipinski definition) is 4. The van der Waals surface area contributed by atoms with Crippen molar-refractivity contribution in [3.8, 4) is 0 Å². The van der Waals surface area contributed by atoms with Crippen molar-refractivity contribution in [2.75, 3.05) is 40.5 Å². The molecule has 1 aromatic carbocycles. The lowest BCUT2D eigenvalue weighted by Gasteiger charge is -2.43. The third-order valence-electron chi connectivity index (χ3n) is 16.4. The number of amides is 2. The second-order valence-electron chi connectivity index (χ2n) is 22.5. The highest BCUT2D eigenvalue weighted by Crippen LogP contribution is 2.38. The van der Waals surface area contributed by atoms with Crippen molar-refractivity contribution in [1.82, 2.24) is 10.2 Å². The van der Waals surface area contributed by atoms with Crippen molar-refractivity contribution >= 4 is 35.3 Å². The lowest BCUT2D eigenvalue weighted by atomic mass is 9.78. The number of methoxy groups -OCH3 is 2. The molecular weight excluding hydrogens is 1000 g/mol. The number of Topliss-reactive ketones (excluding diaryl/α,β-unsaturated/α-hetero) is 3. The third-order valence-corrected chi connectivity index (χ3v) is 16.4. The van der Waals surface area contributed by atoms with Crippen LogP contribution in [0, 0.1) is 35.5 Å². The van der Waals surface area contributed by atoms with Crippen LogP contribution in [-0.4, -0.2) is 151 Å². The minimum atomic E-state index is -2.51. The molecule has 434 valence electrons. The number of fused-ring (bicyclic) bond motifs is 3. The van der Waals surface area contributed by atoms with E-state index in [-0.39, 0.29) is 62.4 Å². The summed E-state index contributed by atoms with van der Waals surface area (Å²) in [6.07, 6.45) is 10.1. The van der Waals surface area contributed by atoms with Gasteiger partial charge in [-0.2, -0.15) is 0 Å². The molecule has 1 saturated carbocycles. The van der Waals surface area contributed by atoms with E-state index in [1.807, 2.05) is 81.5 Å². The van der Waals surface area contributed by atoms with E-state index >= 15 is 0 Å². The smallest absolute Gasteiger partial charge is 0.407 e. The molecular formula is C61H90N2O15. The number of hydrogen-bond acceptors (Lipinski definition) is 15. The molecule has 0 aromatic heterocycles. The SMILES string of the molecule is CO[C@@H]1C[C@H](C[C@@H](C)C2CC(=O)[C@@H](C)/C=C(\C)[C@@H](O)[C@@H](OC)C(=O)[C@H](C)C[C@H](C)/C=C/C=C/C=C(\C)C(OCCO)CC3CC[C@@H](C)[C@@](O)(O3)C(=O)C(=O)N3CCCCC3C(=O)O2)CC[C@H]1OC(=O)NCCc1ccccc1. The van der Waals surface area contributed by atoms with Gasteiger partial charge >= 0.3 is 12.1 Å². The quantitative estimate of drug-likeness (QED) is 0.0901. The second kappa shape index (κ2) is 31.2. The van der Waals surface area contributed by atoms with Crippen molar-refractivity contribution in [2.24, 2.45) is 35.5 Å². The Morgan fingerprint density at radius 3 is 2.33 bits per heavy atom. The van der Waals surface area contributed by atoms with Crippen molar-refractivity contribution in [3.05, 3.63) is 83.5 Å². The number of cyclic esters (lactones) is 1. The first-order valence-corrected chi connectivity index (χ1v) is 28.4. The highest BCUT2D eigenvalue weighted by atomic mass is 16.6. The number of carbonyl (C=O) groups is 6. The summed E-state index contributed by atoms with van der Waals surface area (Å²) in [5.74, 6) is -8.59. The predicted octanol–water partition coefficient (Wildman–Crippen LogP) is 7.52. The van der Waals surface area contributed by atoms with Crippen LogP contribution >= 0.6 is 0 Å². The predicted molar refractivity (Wildman–Crippen MR) is 294 cm³/mol. The second-order valence-corrected chi connectivity index (χ2v) is 22.5. The van der Waals surface area contributed by atoms with E-state index < -0.39 is 102 Å². The first-order valence-electron chi connectivity index (χ1n) is 28.4. The van der Waals surface area contributed by atoms with E-state index in [1.54, 1.807) is 40.9 Å². The molecule has 1 aliphatic carbocycles. The Bertz CT molecular complexity index is 2260. The number of esters is 1. The van der Waals surface area contributed by atoms with Crippen LogP contribution < -0.4 is 5.32 Å². The van der Waals surface area contributed by atoms with E-state index in [0.717, 1.165) is 11.1 Å². The number of allylic oxidation sites excluding steroid dienone is 6. The molecule has 4 N–H and O–H groups in total. The van der Waals surface area contributed by atoms with Gasteiger partial charge in [-0.15, -0.1) is 0 Å². The average molecular weight is 1090 g/mol. The third kappa shape index (κ3) is 18.1. The van der Waals surface area contributed by atoms with Gasteiger partial charge in [0, 0.05) is 57.9 Å². The van der Waals surface area contributed by atoms with Gasteiger partial charge in [-0.3, -0.25) is 19.2 Å². The van der Waals surface area contributed by atoms with Gasteiger partial charge in [0.05, 0.1) is 31.5 Å². The number of aliphatic hydroxyl groups is 3. The molecule has 2 amide bonds. The fraction of sp³-hybridized carbons (Fsp3) is 0.672. The Morgan fingerprint density at radius 1 is 0.885 bits per heavy atom. The lowest BCUT2D eigenvalue weighted by Crippen LogP contribution is -2.61. The molecule has 78 heavy (non-hydrogen) atoms. The van der Waals surface area contributed by atoms with Crippen molar-refractivity contribution < 1.29 is 72.5 Å². The highest BCUT2D eigenvalue weighted by molar-refractivity contribution is 6.39. The van der Waals surface area contributed by atoms with Crippen LogP contribution in [0.5, 0.6) is 0 Å². The average Bonchev–Trinajstić information content (AvgIpc) is 3.46. The van der Waals surface area contributed by atoms with Gasteiger partial charge in [-0.05, 0) is 119 Å². The maximum atomic E-state index is 14.6. The van der Waals surface area contributed by atoms with Crippen molar-refractivity contribution in [2.45, 2.75) is 186 Å². The molecule has 4 aliphatic rings. The lowest BCUT2D eigenvalue weighted by molar-refractivity contribution is -0.266. The van der Waals surface area contributed by atoms with Crippen LogP contribution in [0.15, 0.2) is 77.9 Å². The summed E-state index contributed by atoms with van der Waals surface area (Å²) in [6.45, 7) is 12.8. The Kier molecular flexibility index (Phi) is 25.6. The molecule has 0 spiro atoms. The van der Waals surface area contributed by atoms with Crippen molar-refractivity contribution in [3.63, 3.8) is 0 Å². The molecule has 0 radical (unpaired) electrons. The van der Waals surface area contributed by atoms with Crippen LogP contribution in [-0.2, 0) is 58.8 Å². The molecule has 3 fully saturated rings. The molecule has 5 rings (SSSR count). The summed E-state index contributed by atoms with van der Waals surface area (Å²) in [5.41, 5.74) is 2.24. The molecule has 17 heteroatoms. The number of benzene rings is 1. The summed E-state index contributed by atoms with van der Waals surface area (Å²) in [4.78, 5) is 85.8.